The van der Waals surface area contributed by atoms with Gasteiger partial charge in [-0.15, -0.1) is 0 Å². The van der Waals surface area contributed by atoms with Crippen LogP contribution in [0, 0.1) is 0 Å². The van der Waals surface area contributed by atoms with Gasteiger partial charge in [0, 0.05) is 28.6 Å². The number of benzene rings is 1. The summed E-state index contributed by atoms with van der Waals surface area (Å²) >= 11 is 6.35. The Morgan fingerprint density at radius 3 is 2.88 bits per heavy atom. The summed E-state index contributed by atoms with van der Waals surface area (Å²) in [6.07, 6.45) is 2.24. The highest BCUT2D eigenvalue weighted by Gasteiger charge is 2.34. The standard InChI is InChI=1S/C14H20ClNO/c1-4-12-10(8-9(2)16-12)14-11(15)6-5-7-13(14)17-3/h5-7,9-10,12,16H,4,8H2,1-3H3. The number of methoxy groups -OCH3 is 1. The summed E-state index contributed by atoms with van der Waals surface area (Å²) in [5.41, 5.74) is 1.17. The molecule has 0 spiro atoms. The zero-order chi connectivity index (χ0) is 12.4. The average Bonchev–Trinajstić information content (AvgIpc) is 2.69. The lowest BCUT2D eigenvalue weighted by molar-refractivity contribution is 0.401. The first-order valence-electron chi connectivity index (χ1n) is 6.25. The zero-order valence-electron chi connectivity index (χ0n) is 10.7. The Balaban J connectivity index is 2.38. The Morgan fingerprint density at radius 1 is 1.47 bits per heavy atom. The molecule has 1 saturated heterocycles. The number of hydrogen-bond donors (Lipinski definition) is 1. The molecule has 1 N–H and O–H groups in total. The molecule has 3 heteroatoms. The topological polar surface area (TPSA) is 21.3 Å². The lowest BCUT2D eigenvalue weighted by atomic mass is 9.89. The van der Waals surface area contributed by atoms with E-state index in [0.29, 0.717) is 18.0 Å². The molecule has 0 radical (unpaired) electrons. The first-order valence-corrected chi connectivity index (χ1v) is 6.63. The van der Waals surface area contributed by atoms with Crippen molar-refractivity contribution in [2.75, 3.05) is 7.11 Å². The Morgan fingerprint density at radius 2 is 2.24 bits per heavy atom. The van der Waals surface area contributed by atoms with Gasteiger partial charge < -0.3 is 10.1 Å². The summed E-state index contributed by atoms with van der Waals surface area (Å²) in [7, 11) is 1.71. The molecule has 3 atom stereocenters. The molecular weight excluding hydrogens is 234 g/mol. The fraction of sp³-hybridized carbons (Fsp3) is 0.571. The van der Waals surface area contributed by atoms with E-state index in [-0.39, 0.29) is 0 Å². The molecule has 1 aliphatic heterocycles. The Kier molecular flexibility index (Phi) is 3.95. The minimum absolute atomic E-state index is 0.457. The molecule has 17 heavy (non-hydrogen) atoms. The molecule has 1 aromatic carbocycles. The van der Waals surface area contributed by atoms with Crippen LogP contribution in [0.25, 0.3) is 0 Å². The van der Waals surface area contributed by atoms with Crippen molar-refractivity contribution in [1.82, 2.24) is 5.32 Å². The summed E-state index contributed by atoms with van der Waals surface area (Å²) in [4.78, 5) is 0. The van der Waals surface area contributed by atoms with E-state index in [0.717, 1.165) is 23.6 Å². The normalized spacial score (nSPS) is 28.4. The first-order chi connectivity index (χ1) is 8.17. The number of halogens is 1. The molecule has 0 saturated carbocycles. The van der Waals surface area contributed by atoms with Crippen LogP contribution in [0.3, 0.4) is 0 Å². The van der Waals surface area contributed by atoms with E-state index in [1.807, 2.05) is 18.2 Å². The fourth-order valence-corrected chi connectivity index (χ4v) is 3.18. The van der Waals surface area contributed by atoms with Crippen molar-refractivity contribution in [3.8, 4) is 5.75 Å². The van der Waals surface area contributed by atoms with Gasteiger partial charge in [-0.25, -0.2) is 0 Å². The van der Waals surface area contributed by atoms with E-state index in [4.69, 9.17) is 16.3 Å². The summed E-state index contributed by atoms with van der Waals surface area (Å²) in [6, 6.07) is 6.94. The van der Waals surface area contributed by atoms with Crippen LogP contribution in [0.15, 0.2) is 18.2 Å². The third-order valence-corrected chi connectivity index (χ3v) is 3.96. The molecule has 2 nitrogen and oxygen atoms in total. The van der Waals surface area contributed by atoms with Crippen LogP contribution in [0.5, 0.6) is 5.75 Å². The molecule has 0 amide bonds. The van der Waals surface area contributed by atoms with Crippen molar-refractivity contribution in [2.24, 2.45) is 0 Å². The van der Waals surface area contributed by atoms with Crippen molar-refractivity contribution in [3.05, 3.63) is 28.8 Å². The van der Waals surface area contributed by atoms with Crippen LogP contribution >= 0.6 is 11.6 Å². The van der Waals surface area contributed by atoms with Gasteiger partial charge in [0.1, 0.15) is 5.75 Å². The molecule has 0 bridgehead atoms. The monoisotopic (exact) mass is 253 g/mol. The van der Waals surface area contributed by atoms with Gasteiger partial charge in [-0.3, -0.25) is 0 Å². The minimum atomic E-state index is 0.457. The molecule has 1 fully saturated rings. The van der Waals surface area contributed by atoms with Gasteiger partial charge in [0.2, 0.25) is 0 Å². The smallest absolute Gasteiger partial charge is 0.123 e. The fourth-order valence-electron chi connectivity index (χ4n) is 2.87. The Bertz CT molecular complexity index is 394. The summed E-state index contributed by atoms with van der Waals surface area (Å²) in [5, 5.41) is 4.44. The molecule has 1 aromatic rings. The van der Waals surface area contributed by atoms with Gasteiger partial charge in [-0.05, 0) is 31.9 Å². The zero-order valence-corrected chi connectivity index (χ0v) is 11.4. The van der Waals surface area contributed by atoms with E-state index < -0.39 is 0 Å². The highest BCUT2D eigenvalue weighted by Crippen LogP contribution is 2.41. The summed E-state index contributed by atoms with van der Waals surface area (Å²) < 4.78 is 5.45. The van der Waals surface area contributed by atoms with Gasteiger partial charge in [0.15, 0.2) is 0 Å². The molecule has 0 aromatic heterocycles. The lowest BCUT2D eigenvalue weighted by Gasteiger charge is -2.21. The SMILES string of the molecule is CCC1NC(C)CC1c1c(Cl)cccc1OC. The predicted octanol–water partition coefficient (Wildman–Crippen LogP) is 3.59. The quantitative estimate of drug-likeness (QED) is 0.889. The summed E-state index contributed by atoms with van der Waals surface area (Å²) in [5.74, 6) is 1.37. The minimum Gasteiger partial charge on any atom is -0.496 e. The molecular formula is C14H20ClNO. The van der Waals surface area contributed by atoms with Crippen LogP contribution in [0.1, 0.15) is 38.2 Å². The second kappa shape index (κ2) is 5.28. The second-order valence-electron chi connectivity index (χ2n) is 4.78. The second-order valence-corrected chi connectivity index (χ2v) is 5.19. The van der Waals surface area contributed by atoms with Gasteiger partial charge in [0.25, 0.3) is 0 Å². The number of nitrogens with one attached hydrogen (secondary N) is 1. The Hall–Kier alpha value is -0.730. The summed E-state index contributed by atoms with van der Waals surface area (Å²) in [6.45, 7) is 4.44. The van der Waals surface area contributed by atoms with E-state index >= 15 is 0 Å². The van der Waals surface area contributed by atoms with Gasteiger partial charge in [-0.1, -0.05) is 24.6 Å². The van der Waals surface area contributed by atoms with Crippen LogP contribution in [0.4, 0.5) is 0 Å². The van der Waals surface area contributed by atoms with Crippen molar-refractivity contribution < 1.29 is 4.74 Å². The van der Waals surface area contributed by atoms with Gasteiger partial charge >= 0.3 is 0 Å². The van der Waals surface area contributed by atoms with Crippen molar-refractivity contribution in [2.45, 2.75) is 44.7 Å². The highest BCUT2D eigenvalue weighted by atomic mass is 35.5. The van der Waals surface area contributed by atoms with Crippen LogP contribution in [-0.2, 0) is 0 Å². The molecule has 1 aliphatic rings. The van der Waals surface area contributed by atoms with Crippen LogP contribution in [-0.4, -0.2) is 19.2 Å². The number of ether oxygens (including phenoxy) is 1. The molecule has 2 rings (SSSR count). The van der Waals surface area contributed by atoms with Crippen molar-refractivity contribution in [1.29, 1.82) is 0 Å². The third kappa shape index (κ3) is 2.43. The van der Waals surface area contributed by atoms with Crippen LogP contribution in [0.2, 0.25) is 5.02 Å². The van der Waals surface area contributed by atoms with E-state index in [2.05, 4.69) is 19.2 Å². The predicted molar refractivity (Wildman–Crippen MR) is 72.0 cm³/mol. The van der Waals surface area contributed by atoms with Crippen LogP contribution < -0.4 is 10.1 Å². The molecule has 1 heterocycles. The van der Waals surface area contributed by atoms with Gasteiger partial charge in [-0.2, -0.15) is 0 Å². The van der Waals surface area contributed by atoms with Gasteiger partial charge in [0.05, 0.1) is 7.11 Å². The van der Waals surface area contributed by atoms with E-state index in [1.165, 1.54) is 5.56 Å². The van der Waals surface area contributed by atoms with E-state index in [1.54, 1.807) is 7.11 Å². The maximum absolute atomic E-state index is 6.35. The number of hydrogen-bond acceptors (Lipinski definition) is 2. The maximum atomic E-state index is 6.35. The first kappa shape index (κ1) is 12.7. The average molecular weight is 254 g/mol. The number of rotatable bonds is 3. The lowest BCUT2D eigenvalue weighted by Crippen LogP contribution is -2.28. The molecule has 94 valence electrons. The van der Waals surface area contributed by atoms with E-state index in [9.17, 15) is 0 Å². The highest BCUT2D eigenvalue weighted by molar-refractivity contribution is 6.31. The largest absolute Gasteiger partial charge is 0.496 e. The molecule has 3 unspecified atom stereocenters. The third-order valence-electron chi connectivity index (χ3n) is 3.64. The van der Waals surface area contributed by atoms with Crippen molar-refractivity contribution >= 4 is 11.6 Å². The van der Waals surface area contributed by atoms with Crippen molar-refractivity contribution in [3.63, 3.8) is 0 Å². The Labute approximate surface area is 108 Å². The maximum Gasteiger partial charge on any atom is 0.123 e. The molecule has 0 aliphatic carbocycles.